The summed E-state index contributed by atoms with van der Waals surface area (Å²) in [5.41, 5.74) is 3.38. The van der Waals surface area contributed by atoms with Crippen molar-refractivity contribution in [3.05, 3.63) is 69.7 Å². The minimum absolute atomic E-state index is 0.204. The molecule has 2 aromatic carbocycles. The molecule has 166 valence electrons. The maximum Gasteiger partial charge on any atom is 0.339 e. The number of nitrogens with zero attached hydrogens (tertiary/aromatic N) is 1. The van der Waals surface area contributed by atoms with Crippen molar-refractivity contribution in [3.8, 4) is 0 Å². The molecule has 1 fully saturated rings. The minimum atomic E-state index is -0.448. The zero-order valence-corrected chi connectivity index (χ0v) is 19.2. The van der Waals surface area contributed by atoms with Gasteiger partial charge in [0.1, 0.15) is 0 Å². The number of hydrogen-bond donors (Lipinski definition) is 0. The standard InChI is InChI=1S/C25H30ClNO4/c1-4-9-18-12-19(23(22(26)13-18)25(29)31-5-2)20-15-27(16-21(20)24(28)30-3)14-17-10-7-6-8-11-17/h6-8,10-13,20-21H,4-5,9,14-16H2,1-3H3/t20-,21+/m1/s1. The van der Waals surface area contributed by atoms with Crippen LogP contribution in [0.1, 0.15) is 53.2 Å². The van der Waals surface area contributed by atoms with Crippen molar-refractivity contribution in [2.24, 2.45) is 5.92 Å². The Balaban J connectivity index is 2.01. The van der Waals surface area contributed by atoms with Crippen LogP contribution in [-0.2, 0) is 27.2 Å². The molecule has 31 heavy (non-hydrogen) atoms. The highest BCUT2D eigenvalue weighted by Gasteiger charge is 2.41. The summed E-state index contributed by atoms with van der Waals surface area (Å²) in [6, 6.07) is 14.0. The topological polar surface area (TPSA) is 55.8 Å². The summed E-state index contributed by atoms with van der Waals surface area (Å²) < 4.78 is 10.4. The fourth-order valence-electron chi connectivity index (χ4n) is 4.39. The average molecular weight is 444 g/mol. The van der Waals surface area contributed by atoms with E-state index in [9.17, 15) is 9.59 Å². The second kappa shape index (κ2) is 10.8. The van der Waals surface area contributed by atoms with Crippen molar-refractivity contribution in [2.75, 3.05) is 26.8 Å². The van der Waals surface area contributed by atoms with Gasteiger partial charge >= 0.3 is 11.9 Å². The van der Waals surface area contributed by atoms with Crippen molar-refractivity contribution in [2.45, 2.75) is 39.2 Å². The number of esters is 2. The molecule has 0 amide bonds. The van der Waals surface area contributed by atoms with Gasteiger partial charge < -0.3 is 9.47 Å². The molecule has 0 unspecified atom stereocenters. The zero-order valence-electron chi connectivity index (χ0n) is 18.4. The predicted octanol–water partition coefficient (Wildman–Crippen LogP) is 4.86. The molecule has 2 aromatic rings. The van der Waals surface area contributed by atoms with Crippen molar-refractivity contribution >= 4 is 23.5 Å². The number of halogens is 1. The van der Waals surface area contributed by atoms with E-state index in [4.69, 9.17) is 21.1 Å². The number of benzene rings is 2. The molecule has 0 N–H and O–H groups in total. The molecule has 1 saturated heterocycles. The highest BCUT2D eigenvalue weighted by atomic mass is 35.5. The molecule has 0 spiro atoms. The van der Waals surface area contributed by atoms with Crippen LogP contribution in [0.4, 0.5) is 0 Å². The second-order valence-corrected chi connectivity index (χ2v) is 8.34. The molecule has 0 bridgehead atoms. The first-order valence-corrected chi connectivity index (χ1v) is 11.2. The Hall–Kier alpha value is -2.37. The minimum Gasteiger partial charge on any atom is -0.469 e. The van der Waals surface area contributed by atoms with Gasteiger partial charge in [-0.25, -0.2) is 4.79 Å². The molecule has 1 aliphatic rings. The van der Waals surface area contributed by atoms with Crippen LogP contribution in [0, 0.1) is 5.92 Å². The smallest absolute Gasteiger partial charge is 0.339 e. The van der Waals surface area contributed by atoms with Crippen LogP contribution in [0.3, 0.4) is 0 Å². The summed E-state index contributed by atoms with van der Waals surface area (Å²) in [6.45, 7) is 6.04. The van der Waals surface area contributed by atoms with Crippen molar-refractivity contribution < 1.29 is 19.1 Å². The first-order valence-electron chi connectivity index (χ1n) is 10.8. The third-order valence-electron chi connectivity index (χ3n) is 5.75. The summed E-state index contributed by atoms with van der Waals surface area (Å²) in [4.78, 5) is 27.7. The van der Waals surface area contributed by atoms with Gasteiger partial charge in [-0.3, -0.25) is 9.69 Å². The van der Waals surface area contributed by atoms with Gasteiger partial charge in [0.15, 0.2) is 0 Å². The van der Waals surface area contributed by atoms with E-state index >= 15 is 0 Å². The summed E-state index contributed by atoms with van der Waals surface area (Å²) in [6.07, 6.45) is 1.80. The van der Waals surface area contributed by atoms with E-state index in [0.717, 1.165) is 30.5 Å². The van der Waals surface area contributed by atoms with Gasteiger partial charge in [0.25, 0.3) is 0 Å². The number of aryl methyl sites for hydroxylation is 1. The number of likely N-dealkylation sites (tertiary alicyclic amines) is 1. The first-order chi connectivity index (χ1) is 15.0. The normalized spacial score (nSPS) is 18.7. The van der Waals surface area contributed by atoms with E-state index in [1.807, 2.05) is 30.3 Å². The maximum absolute atomic E-state index is 12.8. The molecule has 0 aromatic heterocycles. The van der Waals surface area contributed by atoms with E-state index in [2.05, 4.69) is 24.0 Å². The van der Waals surface area contributed by atoms with Gasteiger partial charge in [0, 0.05) is 25.6 Å². The highest BCUT2D eigenvalue weighted by Crippen LogP contribution is 2.39. The monoisotopic (exact) mass is 443 g/mol. The molecule has 0 aliphatic carbocycles. The molecule has 1 heterocycles. The lowest BCUT2D eigenvalue weighted by Gasteiger charge is -2.21. The lowest BCUT2D eigenvalue weighted by atomic mass is 9.84. The Kier molecular flexibility index (Phi) is 8.10. The highest BCUT2D eigenvalue weighted by molar-refractivity contribution is 6.33. The Morgan fingerprint density at radius 3 is 2.48 bits per heavy atom. The van der Waals surface area contributed by atoms with Crippen LogP contribution in [-0.4, -0.2) is 43.6 Å². The Bertz CT molecular complexity index is 915. The van der Waals surface area contributed by atoms with Crippen LogP contribution >= 0.6 is 11.6 Å². The SMILES string of the molecule is CCCc1cc(Cl)c(C(=O)OCC)c([C@H]2CN(Cc3ccccc3)C[C@@H]2C(=O)OC)c1. The number of hydrogen-bond acceptors (Lipinski definition) is 5. The van der Waals surface area contributed by atoms with Gasteiger partial charge in [-0.1, -0.05) is 61.3 Å². The predicted molar refractivity (Wildman–Crippen MR) is 121 cm³/mol. The first kappa shape index (κ1) is 23.3. The number of ether oxygens (including phenoxy) is 2. The van der Waals surface area contributed by atoms with E-state index in [0.29, 0.717) is 23.7 Å². The van der Waals surface area contributed by atoms with Crippen LogP contribution in [0.5, 0.6) is 0 Å². The average Bonchev–Trinajstić information content (AvgIpc) is 3.17. The van der Waals surface area contributed by atoms with Gasteiger partial charge in [-0.2, -0.15) is 0 Å². The summed E-state index contributed by atoms with van der Waals surface area (Å²) in [7, 11) is 1.41. The Morgan fingerprint density at radius 2 is 1.84 bits per heavy atom. The van der Waals surface area contributed by atoms with Gasteiger partial charge in [-0.05, 0) is 36.1 Å². The lowest BCUT2D eigenvalue weighted by Crippen LogP contribution is -2.25. The Labute approximate surface area is 189 Å². The lowest BCUT2D eigenvalue weighted by molar-refractivity contribution is -0.145. The van der Waals surface area contributed by atoms with Gasteiger partial charge in [-0.15, -0.1) is 0 Å². The third-order valence-corrected chi connectivity index (χ3v) is 6.04. The van der Waals surface area contributed by atoms with E-state index in [-0.39, 0.29) is 24.4 Å². The summed E-state index contributed by atoms with van der Waals surface area (Å²) in [5.74, 6) is -1.30. The number of carbonyl (C=O) groups excluding carboxylic acids is 2. The third kappa shape index (κ3) is 5.46. The molecule has 1 aliphatic heterocycles. The summed E-state index contributed by atoms with van der Waals surface area (Å²) >= 11 is 6.58. The molecular weight excluding hydrogens is 414 g/mol. The Morgan fingerprint density at radius 1 is 1.10 bits per heavy atom. The molecule has 5 nitrogen and oxygen atoms in total. The molecule has 6 heteroatoms. The molecule has 2 atom stereocenters. The van der Waals surface area contributed by atoms with E-state index in [1.165, 1.54) is 12.7 Å². The van der Waals surface area contributed by atoms with E-state index < -0.39 is 5.97 Å². The second-order valence-electron chi connectivity index (χ2n) is 7.93. The van der Waals surface area contributed by atoms with E-state index in [1.54, 1.807) is 6.92 Å². The largest absolute Gasteiger partial charge is 0.469 e. The number of methoxy groups -OCH3 is 1. The fourth-order valence-corrected chi connectivity index (χ4v) is 4.72. The van der Waals surface area contributed by atoms with Crippen LogP contribution in [0.15, 0.2) is 42.5 Å². The van der Waals surface area contributed by atoms with Gasteiger partial charge in [0.2, 0.25) is 0 Å². The van der Waals surface area contributed by atoms with Crippen molar-refractivity contribution in [1.82, 2.24) is 4.90 Å². The maximum atomic E-state index is 12.8. The quantitative estimate of drug-likeness (QED) is 0.545. The van der Waals surface area contributed by atoms with Crippen molar-refractivity contribution in [3.63, 3.8) is 0 Å². The molecule has 0 saturated carbocycles. The van der Waals surface area contributed by atoms with Crippen LogP contribution in [0.2, 0.25) is 5.02 Å². The molecule has 3 rings (SSSR count). The fraction of sp³-hybridized carbons (Fsp3) is 0.440. The number of rotatable bonds is 8. The van der Waals surface area contributed by atoms with Gasteiger partial charge in [0.05, 0.1) is 30.2 Å². The van der Waals surface area contributed by atoms with Crippen LogP contribution in [0.25, 0.3) is 0 Å². The molecular formula is C25H30ClNO4. The van der Waals surface area contributed by atoms with Crippen LogP contribution < -0.4 is 0 Å². The zero-order chi connectivity index (χ0) is 22.4. The number of carbonyl (C=O) groups is 2. The van der Waals surface area contributed by atoms with Crippen molar-refractivity contribution in [1.29, 1.82) is 0 Å². The summed E-state index contributed by atoms with van der Waals surface area (Å²) in [5, 5.41) is 0.379. The molecule has 0 radical (unpaired) electrons.